The molecule has 2 heterocycles. The van der Waals surface area contributed by atoms with Gasteiger partial charge in [0, 0.05) is 17.8 Å². The number of aryl methyl sites for hydroxylation is 1. The van der Waals surface area contributed by atoms with E-state index in [4.69, 9.17) is 11.6 Å². The molecule has 0 spiro atoms. The van der Waals surface area contributed by atoms with Gasteiger partial charge in [-0.25, -0.2) is 0 Å². The first kappa shape index (κ1) is 15.8. The average Bonchev–Trinajstić information content (AvgIpc) is 2.54. The molecule has 0 saturated carbocycles. The van der Waals surface area contributed by atoms with Crippen LogP contribution in [0.4, 0.5) is 5.69 Å². The summed E-state index contributed by atoms with van der Waals surface area (Å²) in [5.74, 6) is -0.0857. The minimum absolute atomic E-state index is 0.0857. The number of nitrogens with one attached hydrogen (secondary N) is 1. The SMILES string of the molecule is CC(C)(C(=O)N1CCCc2cc[nH]c(=O)c21)c1cccc(Cl)c1. The molecule has 3 rings (SSSR count). The van der Waals surface area contributed by atoms with Crippen molar-refractivity contribution in [2.75, 3.05) is 11.4 Å². The number of hydrogen-bond donors (Lipinski definition) is 1. The molecule has 1 aliphatic rings. The molecule has 0 atom stereocenters. The Balaban J connectivity index is 2.03. The summed E-state index contributed by atoms with van der Waals surface area (Å²) < 4.78 is 0. The highest BCUT2D eigenvalue weighted by molar-refractivity contribution is 6.30. The number of H-pyrrole nitrogens is 1. The normalized spacial score (nSPS) is 14.5. The topological polar surface area (TPSA) is 53.2 Å². The van der Waals surface area contributed by atoms with Gasteiger partial charge in [-0.05, 0) is 56.0 Å². The van der Waals surface area contributed by atoms with Gasteiger partial charge in [-0.15, -0.1) is 0 Å². The van der Waals surface area contributed by atoms with Crippen LogP contribution in [0, 0.1) is 0 Å². The van der Waals surface area contributed by atoms with Crippen molar-refractivity contribution < 1.29 is 4.79 Å². The van der Waals surface area contributed by atoms with Crippen molar-refractivity contribution in [2.45, 2.75) is 32.1 Å². The Bertz CT molecular complexity index is 811. The van der Waals surface area contributed by atoms with E-state index in [1.807, 2.05) is 32.0 Å². The average molecular weight is 331 g/mol. The van der Waals surface area contributed by atoms with E-state index in [0.717, 1.165) is 24.0 Å². The minimum Gasteiger partial charge on any atom is -0.327 e. The van der Waals surface area contributed by atoms with Crippen molar-refractivity contribution in [2.24, 2.45) is 0 Å². The Morgan fingerprint density at radius 2 is 2.09 bits per heavy atom. The second-order valence-corrected chi connectivity index (χ2v) is 6.81. The molecule has 1 N–H and O–H groups in total. The smallest absolute Gasteiger partial charge is 0.272 e. The Morgan fingerprint density at radius 3 is 2.83 bits per heavy atom. The molecule has 0 fully saturated rings. The van der Waals surface area contributed by atoms with Gasteiger partial charge in [-0.1, -0.05) is 23.7 Å². The Kier molecular flexibility index (Phi) is 4.02. The number of pyridine rings is 1. The summed E-state index contributed by atoms with van der Waals surface area (Å²) in [7, 11) is 0. The second kappa shape index (κ2) is 5.85. The molecule has 0 bridgehead atoms. The van der Waals surface area contributed by atoms with E-state index in [9.17, 15) is 9.59 Å². The molecular weight excluding hydrogens is 312 g/mol. The number of rotatable bonds is 2. The second-order valence-electron chi connectivity index (χ2n) is 6.38. The summed E-state index contributed by atoms with van der Waals surface area (Å²) in [4.78, 5) is 29.7. The van der Waals surface area contributed by atoms with Crippen LogP contribution in [-0.4, -0.2) is 17.4 Å². The largest absolute Gasteiger partial charge is 0.327 e. The van der Waals surface area contributed by atoms with Gasteiger partial charge in [0.05, 0.1) is 5.41 Å². The molecular formula is C18H19ClN2O2. The van der Waals surface area contributed by atoms with Crippen molar-refractivity contribution in [1.82, 2.24) is 4.98 Å². The Morgan fingerprint density at radius 1 is 1.30 bits per heavy atom. The van der Waals surface area contributed by atoms with Crippen molar-refractivity contribution in [3.63, 3.8) is 0 Å². The fraction of sp³-hybridized carbons (Fsp3) is 0.333. The lowest BCUT2D eigenvalue weighted by Gasteiger charge is -2.35. The number of amides is 1. The quantitative estimate of drug-likeness (QED) is 0.918. The number of carbonyl (C=O) groups excluding carboxylic acids is 1. The van der Waals surface area contributed by atoms with E-state index in [2.05, 4.69) is 4.98 Å². The van der Waals surface area contributed by atoms with Crippen LogP contribution < -0.4 is 10.5 Å². The third-order valence-electron chi connectivity index (χ3n) is 4.44. The zero-order valence-electron chi connectivity index (χ0n) is 13.2. The number of carbonyl (C=O) groups is 1. The molecule has 2 aromatic rings. The molecule has 1 aliphatic heterocycles. The lowest BCUT2D eigenvalue weighted by Crippen LogP contribution is -2.48. The molecule has 1 aromatic carbocycles. The highest BCUT2D eigenvalue weighted by Gasteiger charge is 2.37. The van der Waals surface area contributed by atoms with Crippen LogP contribution in [0.15, 0.2) is 41.3 Å². The first-order chi connectivity index (χ1) is 10.9. The molecule has 0 unspecified atom stereocenters. The maximum Gasteiger partial charge on any atom is 0.272 e. The summed E-state index contributed by atoms with van der Waals surface area (Å²) >= 11 is 6.07. The number of benzene rings is 1. The molecule has 1 amide bonds. The fourth-order valence-electron chi connectivity index (χ4n) is 3.09. The van der Waals surface area contributed by atoms with Crippen LogP contribution in [0.5, 0.6) is 0 Å². The fourth-order valence-corrected chi connectivity index (χ4v) is 3.28. The predicted octanol–water partition coefficient (Wildman–Crippen LogP) is 3.29. The monoisotopic (exact) mass is 330 g/mol. The first-order valence-corrected chi connectivity index (χ1v) is 8.07. The van der Waals surface area contributed by atoms with Crippen LogP contribution in [0.2, 0.25) is 5.02 Å². The van der Waals surface area contributed by atoms with E-state index < -0.39 is 5.41 Å². The van der Waals surface area contributed by atoms with E-state index in [0.29, 0.717) is 17.3 Å². The predicted molar refractivity (Wildman–Crippen MR) is 92.2 cm³/mol. The van der Waals surface area contributed by atoms with Crippen molar-refractivity contribution in [3.8, 4) is 0 Å². The Hall–Kier alpha value is -2.07. The van der Waals surface area contributed by atoms with Crippen molar-refractivity contribution >= 4 is 23.2 Å². The van der Waals surface area contributed by atoms with Gasteiger partial charge in [0.2, 0.25) is 5.91 Å². The number of hydrogen-bond acceptors (Lipinski definition) is 2. The number of aromatic amines is 1. The summed E-state index contributed by atoms with van der Waals surface area (Å²) in [5, 5.41) is 0.597. The minimum atomic E-state index is -0.762. The van der Waals surface area contributed by atoms with Gasteiger partial charge in [0.1, 0.15) is 5.69 Å². The molecule has 0 saturated heterocycles. The molecule has 1 aromatic heterocycles. The number of anilines is 1. The maximum absolute atomic E-state index is 13.2. The number of nitrogens with zero attached hydrogens (tertiary/aromatic N) is 1. The van der Waals surface area contributed by atoms with Gasteiger partial charge in [0.15, 0.2) is 0 Å². The molecule has 23 heavy (non-hydrogen) atoms. The standard InChI is InChI=1S/C18H19ClN2O2/c1-18(2,13-6-3-7-14(19)11-13)17(23)21-10-4-5-12-8-9-20-16(22)15(12)21/h3,6-9,11H,4-5,10H2,1-2H3,(H,20,22). The van der Waals surface area contributed by atoms with Crippen molar-refractivity contribution in [3.05, 3.63) is 63.0 Å². The van der Waals surface area contributed by atoms with Crippen LogP contribution in [0.1, 0.15) is 31.4 Å². The van der Waals surface area contributed by atoms with Gasteiger partial charge in [-0.3, -0.25) is 9.59 Å². The van der Waals surface area contributed by atoms with Gasteiger partial charge in [0.25, 0.3) is 5.56 Å². The molecule has 0 radical (unpaired) electrons. The van der Waals surface area contributed by atoms with Gasteiger partial charge in [-0.2, -0.15) is 0 Å². The van der Waals surface area contributed by atoms with E-state index >= 15 is 0 Å². The lowest BCUT2D eigenvalue weighted by molar-refractivity contribution is -0.123. The van der Waals surface area contributed by atoms with Gasteiger partial charge < -0.3 is 9.88 Å². The molecule has 0 aliphatic carbocycles. The number of aromatic nitrogens is 1. The third kappa shape index (κ3) is 2.79. The first-order valence-electron chi connectivity index (χ1n) is 7.70. The van der Waals surface area contributed by atoms with Gasteiger partial charge >= 0.3 is 0 Å². The number of fused-ring (bicyclic) bond motifs is 1. The Labute approximate surface area is 140 Å². The van der Waals surface area contributed by atoms with E-state index in [1.54, 1.807) is 23.2 Å². The highest BCUT2D eigenvalue weighted by Crippen LogP contribution is 2.32. The van der Waals surface area contributed by atoms with E-state index in [1.165, 1.54) is 0 Å². The van der Waals surface area contributed by atoms with Crippen LogP contribution >= 0.6 is 11.6 Å². The zero-order valence-corrected chi connectivity index (χ0v) is 14.0. The summed E-state index contributed by atoms with van der Waals surface area (Å²) in [6, 6.07) is 9.20. The summed E-state index contributed by atoms with van der Waals surface area (Å²) in [6.45, 7) is 4.29. The van der Waals surface area contributed by atoms with E-state index in [-0.39, 0.29) is 11.5 Å². The highest BCUT2D eigenvalue weighted by atomic mass is 35.5. The molecule has 5 heteroatoms. The summed E-state index contributed by atoms with van der Waals surface area (Å²) in [5.41, 5.74) is 1.28. The van der Waals surface area contributed by atoms with Crippen molar-refractivity contribution in [1.29, 1.82) is 0 Å². The number of halogens is 1. The van der Waals surface area contributed by atoms with Crippen LogP contribution in [0.25, 0.3) is 0 Å². The molecule has 120 valence electrons. The summed E-state index contributed by atoms with van der Waals surface area (Å²) in [6.07, 6.45) is 3.31. The maximum atomic E-state index is 13.2. The van der Waals surface area contributed by atoms with Crippen LogP contribution in [-0.2, 0) is 16.6 Å². The third-order valence-corrected chi connectivity index (χ3v) is 4.68. The lowest BCUT2D eigenvalue weighted by atomic mass is 9.82. The van der Waals surface area contributed by atoms with Crippen LogP contribution in [0.3, 0.4) is 0 Å². The zero-order chi connectivity index (χ0) is 16.6. The molecule has 4 nitrogen and oxygen atoms in total.